The molecule has 0 aliphatic carbocycles. The van der Waals surface area contributed by atoms with Crippen LogP contribution in [0.15, 0.2) is 29.3 Å². The van der Waals surface area contributed by atoms with Crippen LogP contribution in [0.1, 0.15) is 19.4 Å². The van der Waals surface area contributed by atoms with Gasteiger partial charge in [-0.3, -0.25) is 4.99 Å². The number of benzene rings is 1. The van der Waals surface area contributed by atoms with Crippen LogP contribution in [0.25, 0.3) is 0 Å². The van der Waals surface area contributed by atoms with Gasteiger partial charge in [-0.2, -0.15) is 0 Å². The van der Waals surface area contributed by atoms with Gasteiger partial charge in [0.1, 0.15) is 0 Å². The lowest BCUT2D eigenvalue weighted by atomic mass is 10.1. The molecule has 1 rings (SSSR count). The van der Waals surface area contributed by atoms with E-state index in [0.717, 1.165) is 23.9 Å². The van der Waals surface area contributed by atoms with Gasteiger partial charge >= 0.3 is 0 Å². The molecule has 1 aromatic carbocycles. The fraction of sp³-hybridized carbons (Fsp3) is 0.462. The molecular formula is C13H20ClN3. The molecule has 0 radical (unpaired) electrons. The van der Waals surface area contributed by atoms with Crippen molar-refractivity contribution in [1.82, 2.24) is 10.6 Å². The largest absolute Gasteiger partial charge is 0.356 e. The summed E-state index contributed by atoms with van der Waals surface area (Å²) in [6, 6.07) is 8.30. The Bertz CT molecular complexity index is 357. The lowest BCUT2D eigenvalue weighted by Crippen LogP contribution is -2.41. The molecule has 94 valence electrons. The standard InChI is InChI=1S/C13H20ClN3/c1-10(2)17-13(15-3)16-9-8-11-4-6-12(14)7-5-11/h4-7,10H,8-9H2,1-3H3,(H2,15,16,17). The van der Waals surface area contributed by atoms with Crippen molar-refractivity contribution < 1.29 is 0 Å². The topological polar surface area (TPSA) is 36.4 Å². The van der Waals surface area contributed by atoms with Gasteiger partial charge in [0.05, 0.1) is 0 Å². The molecule has 0 aliphatic heterocycles. The number of rotatable bonds is 4. The Kier molecular flexibility index (Phi) is 5.84. The summed E-state index contributed by atoms with van der Waals surface area (Å²) < 4.78 is 0. The highest BCUT2D eigenvalue weighted by Crippen LogP contribution is 2.09. The zero-order valence-electron chi connectivity index (χ0n) is 10.6. The summed E-state index contributed by atoms with van der Waals surface area (Å²) in [4.78, 5) is 4.15. The van der Waals surface area contributed by atoms with E-state index < -0.39 is 0 Å². The maximum Gasteiger partial charge on any atom is 0.191 e. The lowest BCUT2D eigenvalue weighted by molar-refractivity contribution is 0.698. The van der Waals surface area contributed by atoms with E-state index in [1.807, 2.05) is 24.3 Å². The van der Waals surface area contributed by atoms with Gasteiger partial charge in [-0.1, -0.05) is 23.7 Å². The van der Waals surface area contributed by atoms with Crippen molar-refractivity contribution >= 4 is 17.6 Å². The number of aliphatic imine (C=N–C) groups is 1. The summed E-state index contributed by atoms with van der Waals surface area (Å²) in [5.74, 6) is 0.842. The van der Waals surface area contributed by atoms with E-state index in [0.29, 0.717) is 6.04 Å². The molecule has 0 aromatic heterocycles. The Hall–Kier alpha value is -1.22. The van der Waals surface area contributed by atoms with E-state index in [2.05, 4.69) is 29.5 Å². The highest BCUT2D eigenvalue weighted by atomic mass is 35.5. The zero-order valence-corrected chi connectivity index (χ0v) is 11.4. The van der Waals surface area contributed by atoms with Crippen molar-refractivity contribution in [2.24, 2.45) is 4.99 Å². The van der Waals surface area contributed by atoms with Crippen LogP contribution in [0.5, 0.6) is 0 Å². The summed E-state index contributed by atoms with van der Waals surface area (Å²) in [7, 11) is 1.78. The first-order valence-corrected chi connectivity index (χ1v) is 6.21. The number of hydrogen-bond acceptors (Lipinski definition) is 1. The minimum atomic E-state index is 0.386. The second-order valence-electron chi connectivity index (χ2n) is 4.17. The van der Waals surface area contributed by atoms with Crippen molar-refractivity contribution in [2.75, 3.05) is 13.6 Å². The van der Waals surface area contributed by atoms with Crippen molar-refractivity contribution in [1.29, 1.82) is 0 Å². The predicted octanol–water partition coefficient (Wildman–Crippen LogP) is 2.46. The second kappa shape index (κ2) is 7.17. The first-order chi connectivity index (χ1) is 8.11. The van der Waals surface area contributed by atoms with Crippen LogP contribution < -0.4 is 10.6 Å². The van der Waals surface area contributed by atoms with E-state index in [9.17, 15) is 0 Å². The van der Waals surface area contributed by atoms with Gasteiger partial charge < -0.3 is 10.6 Å². The quantitative estimate of drug-likeness (QED) is 0.639. The Labute approximate surface area is 108 Å². The molecule has 4 heteroatoms. The monoisotopic (exact) mass is 253 g/mol. The highest BCUT2D eigenvalue weighted by Gasteiger charge is 1.99. The summed E-state index contributed by atoms with van der Waals surface area (Å²) in [5.41, 5.74) is 1.27. The normalized spacial score (nSPS) is 11.7. The van der Waals surface area contributed by atoms with Crippen molar-refractivity contribution in [2.45, 2.75) is 26.3 Å². The van der Waals surface area contributed by atoms with E-state index in [4.69, 9.17) is 11.6 Å². The number of halogens is 1. The van der Waals surface area contributed by atoms with Crippen LogP contribution in [0.2, 0.25) is 5.02 Å². The molecule has 17 heavy (non-hydrogen) atoms. The SMILES string of the molecule is CN=C(NCCc1ccc(Cl)cc1)NC(C)C. The first kappa shape index (κ1) is 13.8. The van der Waals surface area contributed by atoms with E-state index >= 15 is 0 Å². The molecule has 0 aliphatic rings. The lowest BCUT2D eigenvalue weighted by Gasteiger charge is -2.14. The zero-order chi connectivity index (χ0) is 12.7. The smallest absolute Gasteiger partial charge is 0.191 e. The molecule has 0 amide bonds. The molecule has 0 heterocycles. The second-order valence-corrected chi connectivity index (χ2v) is 4.61. The average Bonchev–Trinajstić information content (AvgIpc) is 2.30. The van der Waals surface area contributed by atoms with E-state index in [-0.39, 0.29) is 0 Å². The van der Waals surface area contributed by atoms with Crippen LogP contribution in [0, 0.1) is 0 Å². The molecule has 0 fully saturated rings. The molecule has 3 nitrogen and oxygen atoms in total. The molecule has 0 atom stereocenters. The summed E-state index contributed by atoms with van der Waals surface area (Å²) in [6.07, 6.45) is 0.954. The van der Waals surface area contributed by atoms with Crippen LogP contribution in [-0.2, 0) is 6.42 Å². The van der Waals surface area contributed by atoms with Crippen LogP contribution in [0.3, 0.4) is 0 Å². The van der Waals surface area contributed by atoms with Gasteiger partial charge in [0.25, 0.3) is 0 Å². The van der Waals surface area contributed by atoms with Gasteiger partial charge in [-0.15, -0.1) is 0 Å². The third-order valence-corrected chi connectivity index (χ3v) is 2.52. The number of nitrogens with one attached hydrogen (secondary N) is 2. The minimum absolute atomic E-state index is 0.386. The summed E-state index contributed by atoms with van der Waals surface area (Å²) >= 11 is 5.83. The van der Waals surface area contributed by atoms with Crippen LogP contribution in [-0.4, -0.2) is 25.6 Å². The maximum atomic E-state index is 5.83. The summed E-state index contributed by atoms with van der Waals surface area (Å²) in [5, 5.41) is 7.29. The fourth-order valence-electron chi connectivity index (χ4n) is 1.44. The molecular weight excluding hydrogens is 234 g/mol. The molecule has 0 spiro atoms. The van der Waals surface area contributed by atoms with Crippen molar-refractivity contribution in [3.8, 4) is 0 Å². The maximum absolute atomic E-state index is 5.83. The Morgan fingerprint density at radius 3 is 2.47 bits per heavy atom. The van der Waals surface area contributed by atoms with Crippen molar-refractivity contribution in [3.63, 3.8) is 0 Å². The van der Waals surface area contributed by atoms with Crippen LogP contribution >= 0.6 is 11.6 Å². The third-order valence-electron chi connectivity index (χ3n) is 2.27. The Morgan fingerprint density at radius 1 is 1.29 bits per heavy atom. The van der Waals surface area contributed by atoms with E-state index in [1.54, 1.807) is 7.05 Å². The molecule has 0 unspecified atom stereocenters. The Balaban J connectivity index is 2.34. The van der Waals surface area contributed by atoms with Gasteiger partial charge in [-0.05, 0) is 38.0 Å². The van der Waals surface area contributed by atoms with Gasteiger partial charge in [0.2, 0.25) is 0 Å². The molecule has 0 bridgehead atoms. The van der Waals surface area contributed by atoms with Crippen LogP contribution in [0.4, 0.5) is 0 Å². The first-order valence-electron chi connectivity index (χ1n) is 5.83. The molecule has 2 N–H and O–H groups in total. The highest BCUT2D eigenvalue weighted by molar-refractivity contribution is 6.30. The fourth-order valence-corrected chi connectivity index (χ4v) is 1.57. The summed E-state index contributed by atoms with van der Waals surface area (Å²) in [6.45, 7) is 5.03. The molecule has 0 saturated heterocycles. The van der Waals surface area contributed by atoms with Gasteiger partial charge in [-0.25, -0.2) is 0 Å². The number of guanidine groups is 1. The molecule has 1 aromatic rings. The molecule has 0 saturated carbocycles. The predicted molar refractivity (Wildman–Crippen MR) is 74.8 cm³/mol. The Morgan fingerprint density at radius 2 is 1.94 bits per heavy atom. The van der Waals surface area contributed by atoms with Gasteiger partial charge in [0.15, 0.2) is 5.96 Å². The number of nitrogens with zero attached hydrogens (tertiary/aromatic N) is 1. The number of hydrogen-bond donors (Lipinski definition) is 2. The average molecular weight is 254 g/mol. The minimum Gasteiger partial charge on any atom is -0.356 e. The van der Waals surface area contributed by atoms with Gasteiger partial charge in [0, 0.05) is 24.7 Å². The third kappa shape index (κ3) is 5.59. The van der Waals surface area contributed by atoms with Crippen molar-refractivity contribution in [3.05, 3.63) is 34.9 Å². The van der Waals surface area contributed by atoms with E-state index in [1.165, 1.54) is 5.56 Å².